The van der Waals surface area contributed by atoms with E-state index in [0.29, 0.717) is 12.2 Å². The third kappa shape index (κ3) is 1.67. The minimum Gasteiger partial charge on any atom is -0.381 e. The van der Waals surface area contributed by atoms with Crippen LogP contribution in [0.1, 0.15) is 12.8 Å². The van der Waals surface area contributed by atoms with Crippen molar-refractivity contribution in [1.82, 2.24) is 0 Å². The van der Waals surface area contributed by atoms with E-state index < -0.39 is 0 Å². The molecule has 0 N–H and O–H groups in total. The van der Waals surface area contributed by atoms with Crippen LogP contribution in [0.4, 0.5) is 0 Å². The lowest BCUT2D eigenvalue weighted by atomic mass is 9.96. The fourth-order valence-corrected chi connectivity index (χ4v) is 1.13. The average molecular weight is 140 g/mol. The van der Waals surface area contributed by atoms with Crippen molar-refractivity contribution in [3.8, 4) is 0 Å². The Hall–Kier alpha value is -0.630. The predicted octanol–water partition coefficient (Wildman–Crippen LogP) is 1.17. The van der Waals surface area contributed by atoms with Crippen molar-refractivity contribution in [2.45, 2.75) is 12.8 Å². The molecule has 1 rings (SSSR count). The molecule has 0 saturated carbocycles. The number of carbonyl (C=O) groups excluding carboxylic acids is 1. The highest BCUT2D eigenvalue weighted by Crippen LogP contribution is 2.18. The van der Waals surface area contributed by atoms with Gasteiger partial charge in [-0.3, -0.25) is 4.79 Å². The highest BCUT2D eigenvalue weighted by Gasteiger charge is 2.15. The van der Waals surface area contributed by atoms with Gasteiger partial charge < -0.3 is 4.74 Å². The summed E-state index contributed by atoms with van der Waals surface area (Å²) in [6.07, 6.45) is 2.94. The monoisotopic (exact) mass is 140 g/mol. The Morgan fingerprint density at radius 3 is 3.00 bits per heavy atom. The van der Waals surface area contributed by atoms with Gasteiger partial charge in [0, 0.05) is 12.5 Å². The quantitative estimate of drug-likeness (QED) is 0.425. The van der Waals surface area contributed by atoms with Gasteiger partial charge >= 0.3 is 0 Å². The molecule has 0 aromatic carbocycles. The van der Waals surface area contributed by atoms with Crippen molar-refractivity contribution in [2.75, 3.05) is 13.2 Å². The number of aldehydes is 1. The van der Waals surface area contributed by atoms with Gasteiger partial charge in [-0.05, 0) is 18.4 Å². The Morgan fingerprint density at radius 1 is 1.70 bits per heavy atom. The molecule has 1 heterocycles. The third-order valence-corrected chi connectivity index (χ3v) is 1.84. The van der Waals surface area contributed by atoms with E-state index in [4.69, 9.17) is 4.74 Å². The third-order valence-electron chi connectivity index (χ3n) is 1.84. The summed E-state index contributed by atoms with van der Waals surface area (Å²) in [4.78, 5) is 10.2. The maximum absolute atomic E-state index is 10.2. The van der Waals surface area contributed by atoms with Crippen molar-refractivity contribution in [3.05, 3.63) is 12.2 Å². The molecule has 1 unspecified atom stereocenters. The lowest BCUT2D eigenvalue weighted by molar-refractivity contribution is -0.105. The molecule has 2 heteroatoms. The molecule has 0 spiro atoms. The summed E-state index contributed by atoms with van der Waals surface area (Å²) in [7, 11) is 0. The van der Waals surface area contributed by atoms with Crippen molar-refractivity contribution in [3.63, 3.8) is 0 Å². The maximum Gasteiger partial charge on any atom is 0.145 e. The van der Waals surface area contributed by atoms with Gasteiger partial charge in [-0.25, -0.2) is 0 Å². The van der Waals surface area contributed by atoms with Crippen LogP contribution in [0.2, 0.25) is 0 Å². The molecule has 10 heavy (non-hydrogen) atoms. The Balaban J connectivity index is 2.38. The number of hydrogen-bond donors (Lipinski definition) is 0. The standard InChI is InChI=1S/C8H12O2/c1-7(5-9)8-3-2-4-10-6-8/h5,8H,1-4,6H2. The summed E-state index contributed by atoms with van der Waals surface area (Å²) in [6.45, 7) is 5.16. The molecule has 0 aromatic heterocycles. The van der Waals surface area contributed by atoms with E-state index in [-0.39, 0.29) is 5.92 Å². The van der Waals surface area contributed by atoms with Gasteiger partial charge in [0.2, 0.25) is 0 Å². The van der Waals surface area contributed by atoms with E-state index in [1.807, 2.05) is 0 Å². The van der Waals surface area contributed by atoms with Crippen LogP contribution in [0.5, 0.6) is 0 Å². The van der Waals surface area contributed by atoms with E-state index in [1.54, 1.807) is 0 Å². The van der Waals surface area contributed by atoms with E-state index in [9.17, 15) is 4.79 Å². The van der Waals surface area contributed by atoms with Gasteiger partial charge in [0.15, 0.2) is 0 Å². The van der Waals surface area contributed by atoms with Gasteiger partial charge in [0.25, 0.3) is 0 Å². The lowest BCUT2D eigenvalue weighted by Gasteiger charge is -2.20. The summed E-state index contributed by atoms with van der Waals surface area (Å²) in [5.74, 6) is 0.284. The highest BCUT2D eigenvalue weighted by atomic mass is 16.5. The molecular weight excluding hydrogens is 128 g/mol. The average Bonchev–Trinajstić information content (AvgIpc) is 2.05. The van der Waals surface area contributed by atoms with Gasteiger partial charge in [-0.15, -0.1) is 0 Å². The largest absolute Gasteiger partial charge is 0.381 e. The smallest absolute Gasteiger partial charge is 0.145 e. The van der Waals surface area contributed by atoms with E-state index in [2.05, 4.69) is 6.58 Å². The van der Waals surface area contributed by atoms with Crippen LogP contribution in [0.15, 0.2) is 12.2 Å². The molecule has 1 atom stereocenters. The second-order valence-corrected chi connectivity index (χ2v) is 2.61. The van der Waals surface area contributed by atoms with Gasteiger partial charge in [-0.1, -0.05) is 6.58 Å². The van der Waals surface area contributed by atoms with Gasteiger partial charge in [0.1, 0.15) is 6.29 Å². The molecule has 2 nitrogen and oxygen atoms in total. The first-order valence-electron chi connectivity index (χ1n) is 3.56. The fourth-order valence-electron chi connectivity index (χ4n) is 1.13. The zero-order valence-electron chi connectivity index (χ0n) is 6.01. The normalized spacial score (nSPS) is 25.8. The zero-order chi connectivity index (χ0) is 7.40. The van der Waals surface area contributed by atoms with Crippen LogP contribution in [0.25, 0.3) is 0 Å². The van der Waals surface area contributed by atoms with E-state index >= 15 is 0 Å². The molecule has 0 aromatic rings. The van der Waals surface area contributed by atoms with Crippen LogP contribution in [-0.4, -0.2) is 19.5 Å². The second kappa shape index (κ2) is 3.52. The number of ether oxygens (including phenoxy) is 1. The molecule has 0 amide bonds. The molecule has 1 aliphatic rings. The van der Waals surface area contributed by atoms with Crippen LogP contribution in [0, 0.1) is 5.92 Å². The maximum atomic E-state index is 10.2. The van der Waals surface area contributed by atoms with Crippen molar-refractivity contribution >= 4 is 6.29 Å². The first kappa shape index (κ1) is 7.48. The fraction of sp³-hybridized carbons (Fsp3) is 0.625. The van der Waals surface area contributed by atoms with Crippen molar-refractivity contribution in [2.24, 2.45) is 5.92 Å². The molecular formula is C8H12O2. The van der Waals surface area contributed by atoms with Crippen LogP contribution in [0.3, 0.4) is 0 Å². The number of carbonyl (C=O) groups is 1. The molecule has 1 aliphatic heterocycles. The summed E-state index contributed by atoms with van der Waals surface area (Å²) in [5.41, 5.74) is 0.680. The van der Waals surface area contributed by atoms with Crippen LogP contribution >= 0.6 is 0 Å². The van der Waals surface area contributed by atoms with Crippen molar-refractivity contribution < 1.29 is 9.53 Å². The predicted molar refractivity (Wildman–Crippen MR) is 38.7 cm³/mol. The number of rotatable bonds is 2. The Kier molecular flexibility index (Phi) is 2.63. The number of hydrogen-bond acceptors (Lipinski definition) is 2. The Morgan fingerprint density at radius 2 is 2.50 bits per heavy atom. The highest BCUT2D eigenvalue weighted by molar-refractivity contribution is 5.72. The van der Waals surface area contributed by atoms with Gasteiger partial charge in [-0.2, -0.15) is 0 Å². The summed E-state index contributed by atoms with van der Waals surface area (Å²) < 4.78 is 5.19. The lowest BCUT2D eigenvalue weighted by Crippen LogP contribution is -2.19. The van der Waals surface area contributed by atoms with E-state index in [0.717, 1.165) is 25.7 Å². The molecule has 56 valence electrons. The minimum atomic E-state index is 0.284. The molecule has 0 radical (unpaired) electrons. The molecule has 1 fully saturated rings. The van der Waals surface area contributed by atoms with Crippen LogP contribution < -0.4 is 0 Å². The second-order valence-electron chi connectivity index (χ2n) is 2.61. The Labute approximate surface area is 60.9 Å². The van der Waals surface area contributed by atoms with E-state index in [1.165, 1.54) is 0 Å². The molecule has 0 aliphatic carbocycles. The first-order chi connectivity index (χ1) is 4.84. The SMILES string of the molecule is C=C(C=O)C1CCCOC1. The first-order valence-corrected chi connectivity index (χ1v) is 3.56. The molecule has 0 bridgehead atoms. The summed E-state index contributed by atoms with van der Waals surface area (Å²) in [5, 5.41) is 0. The topological polar surface area (TPSA) is 26.3 Å². The summed E-state index contributed by atoms with van der Waals surface area (Å²) >= 11 is 0. The molecule has 1 saturated heterocycles. The summed E-state index contributed by atoms with van der Waals surface area (Å²) in [6, 6.07) is 0. The Bertz CT molecular complexity index is 134. The van der Waals surface area contributed by atoms with Gasteiger partial charge in [0.05, 0.1) is 6.61 Å². The van der Waals surface area contributed by atoms with Crippen molar-refractivity contribution in [1.29, 1.82) is 0 Å². The van der Waals surface area contributed by atoms with Crippen LogP contribution in [-0.2, 0) is 9.53 Å². The minimum absolute atomic E-state index is 0.284. The zero-order valence-corrected chi connectivity index (χ0v) is 6.01.